The number of nitrogens with zero attached hydrogens (tertiary/aromatic N) is 1. The minimum Gasteiger partial charge on any atom is -0.502 e. The molecular formula is C10H13ClN2O4. The van der Waals surface area contributed by atoms with Gasteiger partial charge >= 0.3 is 5.69 Å². The van der Waals surface area contributed by atoms with Crippen LogP contribution >= 0.6 is 12.4 Å². The zero-order chi connectivity index (χ0) is 11.5. The number of hydrogen-bond acceptors (Lipinski definition) is 5. The van der Waals surface area contributed by atoms with Gasteiger partial charge in [-0.05, 0) is 11.6 Å². The maximum Gasteiger partial charge on any atom is 0.311 e. The summed E-state index contributed by atoms with van der Waals surface area (Å²) in [6.07, 6.45) is 0. The first-order valence-corrected chi connectivity index (χ1v) is 4.97. The van der Waals surface area contributed by atoms with E-state index in [2.05, 4.69) is 5.32 Å². The molecule has 1 saturated heterocycles. The largest absolute Gasteiger partial charge is 0.502 e. The summed E-state index contributed by atoms with van der Waals surface area (Å²) >= 11 is 0. The second-order valence-corrected chi connectivity index (χ2v) is 3.59. The lowest BCUT2D eigenvalue weighted by Gasteiger charge is -2.23. The first kappa shape index (κ1) is 13.7. The number of aromatic hydroxyl groups is 1. The highest BCUT2D eigenvalue weighted by Gasteiger charge is 2.20. The molecule has 7 heteroatoms. The molecule has 1 aromatic rings. The molecule has 1 atom stereocenters. The average molecular weight is 261 g/mol. The number of halogens is 1. The third-order valence-electron chi connectivity index (χ3n) is 2.52. The van der Waals surface area contributed by atoms with Crippen LogP contribution in [0.5, 0.6) is 5.75 Å². The van der Waals surface area contributed by atoms with Gasteiger partial charge in [-0.25, -0.2) is 0 Å². The van der Waals surface area contributed by atoms with Crippen LogP contribution in [0, 0.1) is 10.1 Å². The van der Waals surface area contributed by atoms with Crippen molar-refractivity contribution in [3.05, 3.63) is 33.9 Å². The SMILES string of the molecule is Cl.O=[N+]([O-])c1cc([C@H]2COCCN2)ccc1O. The smallest absolute Gasteiger partial charge is 0.311 e. The van der Waals surface area contributed by atoms with E-state index in [0.29, 0.717) is 13.2 Å². The van der Waals surface area contributed by atoms with Gasteiger partial charge in [-0.1, -0.05) is 6.07 Å². The van der Waals surface area contributed by atoms with Crippen molar-refractivity contribution in [2.45, 2.75) is 6.04 Å². The fraction of sp³-hybridized carbons (Fsp3) is 0.400. The number of hydrogen-bond donors (Lipinski definition) is 2. The first-order valence-electron chi connectivity index (χ1n) is 4.97. The van der Waals surface area contributed by atoms with E-state index in [1.165, 1.54) is 12.1 Å². The van der Waals surface area contributed by atoms with Crippen LogP contribution in [0.15, 0.2) is 18.2 Å². The number of rotatable bonds is 2. The lowest BCUT2D eigenvalue weighted by molar-refractivity contribution is -0.385. The van der Waals surface area contributed by atoms with Gasteiger partial charge in [-0.15, -0.1) is 12.4 Å². The normalized spacial score (nSPS) is 19.4. The number of nitro benzene ring substituents is 1. The quantitative estimate of drug-likeness (QED) is 0.620. The molecule has 1 aromatic carbocycles. The number of morpholine rings is 1. The second kappa shape index (κ2) is 5.81. The van der Waals surface area contributed by atoms with Crippen LogP contribution in [0.2, 0.25) is 0 Å². The number of phenolic OH excluding ortho intramolecular Hbond substituents is 1. The van der Waals surface area contributed by atoms with Gasteiger partial charge in [0, 0.05) is 12.6 Å². The van der Waals surface area contributed by atoms with Crippen LogP contribution < -0.4 is 5.32 Å². The van der Waals surface area contributed by atoms with Crippen LogP contribution in [0.25, 0.3) is 0 Å². The number of benzene rings is 1. The highest BCUT2D eigenvalue weighted by Crippen LogP contribution is 2.29. The Balaban J connectivity index is 0.00000144. The third kappa shape index (κ3) is 3.06. The molecule has 1 fully saturated rings. The predicted molar refractivity (Wildman–Crippen MR) is 63.6 cm³/mol. The van der Waals surface area contributed by atoms with Gasteiger partial charge in [-0.2, -0.15) is 0 Å². The summed E-state index contributed by atoms with van der Waals surface area (Å²) in [6.45, 7) is 1.86. The third-order valence-corrected chi connectivity index (χ3v) is 2.52. The van der Waals surface area contributed by atoms with E-state index < -0.39 is 4.92 Å². The Morgan fingerprint density at radius 3 is 2.88 bits per heavy atom. The fourth-order valence-corrected chi connectivity index (χ4v) is 1.68. The van der Waals surface area contributed by atoms with Gasteiger partial charge in [0.05, 0.1) is 24.2 Å². The van der Waals surface area contributed by atoms with Gasteiger partial charge in [-0.3, -0.25) is 10.1 Å². The van der Waals surface area contributed by atoms with Gasteiger partial charge in [0.1, 0.15) is 0 Å². The maximum absolute atomic E-state index is 10.7. The van der Waals surface area contributed by atoms with Gasteiger partial charge in [0.25, 0.3) is 0 Å². The molecule has 1 aliphatic rings. The molecular weight excluding hydrogens is 248 g/mol. The second-order valence-electron chi connectivity index (χ2n) is 3.59. The van der Waals surface area contributed by atoms with Crippen molar-refractivity contribution >= 4 is 18.1 Å². The first-order chi connectivity index (χ1) is 7.68. The van der Waals surface area contributed by atoms with E-state index in [0.717, 1.165) is 12.1 Å². The van der Waals surface area contributed by atoms with Crippen LogP contribution in [0.1, 0.15) is 11.6 Å². The number of nitrogens with one attached hydrogen (secondary N) is 1. The summed E-state index contributed by atoms with van der Waals surface area (Å²) in [5.41, 5.74) is 0.481. The van der Waals surface area contributed by atoms with Crippen molar-refractivity contribution in [3.8, 4) is 5.75 Å². The highest BCUT2D eigenvalue weighted by molar-refractivity contribution is 5.85. The Labute approximate surface area is 104 Å². The van der Waals surface area contributed by atoms with Crippen molar-refractivity contribution in [2.24, 2.45) is 0 Å². The Hall–Kier alpha value is -1.37. The lowest BCUT2D eigenvalue weighted by atomic mass is 10.1. The zero-order valence-electron chi connectivity index (χ0n) is 8.96. The molecule has 2 rings (SSSR count). The summed E-state index contributed by atoms with van der Waals surface area (Å²) in [5, 5.41) is 23.2. The summed E-state index contributed by atoms with van der Waals surface area (Å²) in [4.78, 5) is 10.1. The summed E-state index contributed by atoms with van der Waals surface area (Å²) in [5.74, 6) is -0.314. The van der Waals surface area contributed by atoms with Crippen molar-refractivity contribution in [3.63, 3.8) is 0 Å². The van der Waals surface area contributed by atoms with E-state index >= 15 is 0 Å². The minimum absolute atomic E-state index is 0. The van der Waals surface area contributed by atoms with E-state index in [-0.39, 0.29) is 29.9 Å². The monoisotopic (exact) mass is 260 g/mol. The molecule has 17 heavy (non-hydrogen) atoms. The Kier molecular flexibility index (Phi) is 4.68. The molecule has 1 heterocycles. The molecule has 2 N–H and O–H groups in total. The number of phenols is 1. The zero-order valence-corrected chi connectivity index (χ0v) is 9.77. The van der Waals surface area contributed by atoms with Crippen molar-refractivity contribution in [1.82, 2.24) is 5.32 Å². The van der Waals surface area contributed by atoms with E-state index in [1.807, 2.05) is 0 Å². The number of ether oxygens (including phenoxy) is 1. The Morgan fingerprint density at radius 1 is 1.53 bits per heavy atom. The average Bonchev–Trinajstić information content (AvgIpc) is 2.30. The summed E-state index contributed by atoms with van der Waals surface area (Å²) in [6, 6.07) is 4.33. The van der Waals surface area contributed by atoms with Crippen LogP contribution in [-0.2, 0) is 4.74 Å². The van der Waals surface area contributed by atoms with Crippen molar-refractivity contribution in [2.75, 3.05) is 19.8 Å². The molecule has 0 unspecified atom stereocenters. The van der Waals surface area contributed by atoms with Gasteiger partial charge < -0.3 is 15.2 Å². The van der Waals surface area contributed by atoms with Gasteiger partial charge in [0.2, 0.25) is 0 Å². The van der Waals surface area contributed by atoms with Crippen LogP contribution in [0.4, 0.5) is 5.69 Å². The molecule has 6 nitrogen and oxygen atoms in total. The Bertz CT molecular complexity index is 407. The minimum atomic E-state index is -0.595. The molecule has 0 saturated carbocycles. The van der Waals surface area contributed by atoms with Crippen LogP contribution in [-0.4, -0.2) is 29.8 Å². The van der Waals surface area contributed by atoms with Gasteiger partial charge in [0.15, 0.2) is 5.75 Å². The predicted octanol–water partition coefficient (Wildman–Crippen LogP) is 1.38. The topological polar surface area (TPSA) is 84.6 Å². The fourth-order valence-electron chi connectivity index (χ4n) is 1.68. The summed E-state index contributed by atoms with van der Waals surface area (Å²) < 4.78 is 5.27. The van der Waals surface area contributed by atoms with Crippen LogP contribution in [0.3, 0.4) is 0 Å². The standard InChI is InChI=1S/C10H12N2O4.ClH/c13-10-2-1-7(5-9(10)12(14)15)8-6-16-4-3-11-8;/h1-2,5,8,11,13H,3-4,6H2;1H/t8-;/m1./s1. The highest BCUT2D eigenvalue weighted by atomic mass is 35.5. The number of nitro groups is 1. The molecule has 0 amide bonds. The molecule has 1 aliphatic heterocycles. The van der Waals surface area contributed by atoms with Crippen molar-refractivity contribution < 1.29 is 14.8 Å². The van der Waals surface area contributed by atoms with Crippen molar-refractivity contribution in [1.29, 1.82) is 0 Å². The van der Waals surface area contributed by atoms with E-state index in [1.54, 1.807) is 6.07 Å². The molecule has 0 aromatic heterocycles. The van der Waals surface area contributed by atoms with E-state index in [4.69, 9.17) is 4.74 Å². The lowest BCUT2D eigenvalue weighted by Crippen LogP contribution is -2.34. The molecule has 0 bridgehead atoms. The molecule has 0 aliphatic carbocycles. The van der Waals surface area contributed by atoms with E-state index in [9.17, 15) is 15.2 Å². The molecule has 94 valence electrons. The maximum atomic E-state index is 10.7. The molecule has 0 spiro atoms. The summed E-state index contributed by atoms with van der Waals surface area (Å²) in [7, 11) is 0. The Morgan fingerprint density at radius 2 is 2.29 bits per heavy atom. The molecule has 0 radical (unpaired) electrons.